The zero-order valence-corrected chi connectivity index (χ0v) is 11.2. The van der Waals surface area contributed by atoms with Crippen molar-refractivity contribution < 1.29 is 9.53 Å². The van der Waals surface area contributed by atoms with Crippen LogP contribution in [0.5, 0.6) is 5.75 Å². The summed E-state index contributed by atoms with van der Waals surface area (Å²) in [6.45, 7) is 3.33. The number of halogens is 1. The van der Waals surface area contributed by atoms with Crippen LogP contribution in [0.25, 0.3) is 0 Å². The standard InChI is InChI=1S/C13H17ClN2O2/c1-18-12-4-3-10(9-11(12)14)13(17)16-7-2-5-15-6-8-16/h3-4,9,15H,2,5-8H2,1H3. The Morgan fingerprint density at radius 3 is 2.94 bits per heavy atom. The van der Waals surface area contributed by atoms with Crippen LogP contribution in [0.4, 0.5) is 0 Å². The molecule has 4 nitrogen and oxygen atoms in total. The summed E-state index contributed by atoms with van der Waals surface area (Å²) in [4.78, 5) is 14.2. The van der Waals surface area contributed by atoms with Crippen LogP contribution >= 0.6 is 11.6 Å². The first-order chi connectivity index (χ1) is 8.72. The number of carbonyl (C=O) groups is 1. The molecule has 0 radical (unpaired) electrons. The molecule has 1 aliphatic rings. The Labute approximate surface area is 112 Å². The van der Waals surface area contributed by atoms with E-state index in [-0.39, 0.29) is 5.91 Å². The van der Waals surface area contributed by atoms with Gasteiger partial charge in [-0.15, -0.1) is 0 Å². The van der Waals surface area contributed by atoms with Gasteiger partial charge in [0.25, 0.3) is 5.91 Å². The summed E-state index contributed by atoms with van der Waals surface area (Å²) in [6, 6.07) is 5.15. The number of rotatable bonds is 2. The number of hydrogen-bond acceptors (Lipinski definition) is 3. The van der Waals surface area contributed by atoms with Gasteiger partial charge in [0.15, 0.2) is 0 Å². The number of nitrogens with one attached hydrogen (secondary N) is 1. The van der Waals surface area contributed by atoms with E-state index in [1.54, 1.807) is 25.3 Å². The van der Waals surface area contributed by atoms with Crippen molar-refractivity contribution in [3.8, 4) is 5.75 Å². The van der Waals surface area contributed by atoms with Crippen molar-refractivity contribution >= 4 is 17.5 Å². The average molecular weight is 269 g/mol. The van der Waals surface area contributed by atoms with E-state index in [0.717, 1.165) is 32.6 Å². The van der Waals surface area contributed by atoms with E-state index < -0.39 is 0 Å². The minimum Gasteiger partial charge on any atom is -0.495 e. The second kappa shape index (κ2) is 6.07. The van der Waals surface area contributed by atoms with Crippen molar-refractivity contribution in [3.05, 3.63) is 28.8 Å². The maximum Gasteiger partial charge on any atom is 0.253 e. The van der Waals surface area contributed by atoms with Gasteiger partial charge in [-0.1, -0.05) is 11.6 Å². The van der Waals surface area contributed by atoms with Crippen LogP contribution in [0.15, 0.2) is 18.2 Å². The molecule has 0 aromatic heterocycles. The normalized spacial score (nSPS) is 16.2. The summed E-state index contributed by atoms with van der Waals surface area (Å²) >= 11 is 6.04. The van der Waals surface area contributed by atoms with Gasteiger partial charge in [-0.2, -0.15) is 0 Å². The Balaban J connectivity index is 2.14. The molecular formula is C13H17ClN2O2. The van der Waals surface area contributed by atoms with E-state index in [4.69, 9.17) is 16.3 Å². The molecule has 1 amide bonds. The van der Waals surface area contributed by atoms with Gasteiger partial charge in [-0.3, -0.25) is 4.79 Å². The van der Waals surface area contributed by atoms with Crippen molar-refractivity contribution in [1.82, 2.24) is 10.2 Å². The number of carbonyl (C=O) groups excluding carboxylic acids is 1. The molecular weight excluding hydrogens is 252 g/mol. The van der Waals surface area contributed by atoms with Gasteiger partial charge in [0.1, 0.15) is 5.75 Å². The van der Waals surface area contributed by atoms with E-state index in [1.807, 2.05) is 4.90 Å². The lowest BCUT2D eigenvalue weighted by Crippen LogP contribution is -2.34. The fourth-order valence-corrected chi connectivity index (χ4v) is 2.29. The number of nitrogens with zero attached hydrogens (tertiary/aromatic N) is 1. The second-order valence-electron chi connectivity index (χ2n) is 4.25. The smallest absolute Gasteiger partial charge is 0.253 e. The molecule has 1 aliphatic heterocycles. The average Bonchev–Trinajstić information content (AvgIpc) is 2.66. The highest BCUT2D eigenvalue weighted by molar-refractivity contribution is 6.32. The molecule has 1 N–H and O–H groups in total. The Hall–Kier alpha value is -1.26. The summed E-state index contributed by atoms with van der Waals surface area (Å²) in [5.41, 5.74) is 0.614. The number of ether oxygens (including phenoxy) is 1. The predicted molar refractivity (Wildman–Crippen MR) is 71.4 cm³/mol. The third kappa shape index (κ3) is 2.94. The van der Waals surface area contributed by atoms with E-state index in [9.17, 15) is 4.79 Å². The summed E-state index contributed by atoms with van der Waals surface area (Å²) in [5.74, 6) is 0.619. The number of benzene rings is 1. The van der Waals surface area contributed by atoms with E-state index >= 15 is 0 Å². The molecule has 0 saturated carbocycles. The third-order valence-electron chi connectivity index (χ3n) is 3.03. The Morgan fingerprint density at radius 1 is 1.39 bits per heavy atom. The van der Waals surface area contributed by atoms with Crippen LogP contribution in [-0.2, 0) is 0 Å². The minimum absolute atomic E-state index is 0.0308. The molecule has 0 unspecified atom stereocenters. The van der Waals surface area contributed by atoms with E-state index in [0.29, 0.717) is 16.3 Å². The van der Waals surface area contributed by atoms with Crippen LogP contribution in [0.3, 0.4) is 0 Å². The van der Waals surface area contributed by atoms with Crippen molar-refractivity contribution in [3.63, 3.8) is 0 Å². The monoisotopic (exact) mass is 268 g/mol. The molecule has 0 bridgehead atoms. The van der Waals surface area contributed by atoms with E-state index in [1.165, 1.54) is 0 Å². The molecule has 98 valence electrons. The van der Waals surface area contributed by atoms with Crippen LogP contribution in [0.1, 0.15) is 16.8 Å². The molecule has 2 rings (SSSR count). The Bertz CT molecular complexity index is 429. The van der Waals surface area contributed by atoms with Crippen molar-refractivity contribution in [1.29, 1.82) is 0 Å². The highest BCUT2D eigenvalue weighted by Gasteiger charge is 2.17. The Kier molecular flexibility index (Phi) is 4.44. The van der Waals surface area contributed by atoms with E-state index in [2.05, 4.69) is 5.32 Å². The third-order valence-corrected chi connectivity index (χ3v) is 3.32. The summed E-state index contributed by atoms with van der Waals surface area (Å²) in [6.07, 6.45) is 0.982. The lowest BCUT2D eigenvalue weighted by Gasteiger charge is -2.20. The zero-order chi connectivity index (χ0) is 13.0. The van der Waals surface area contributed by atoms with Gasteiger partial charge in [0.05, 0.1) is 12.1 Å². The molecule has 5 heteroatoms. The predicted octanol–water partition coefficient (Wildman–Crippen LogP) is 1.78. The van der Waals surface area contributed by atoms with Gasteiger partial charge in [-0.05, 0) is 31.2 Å². The SMILES string of the molecule is COc1ccc(C(=O)N2CCCNCC2)cc1Cl. The fourth-order valence-electron chi connectivity index (χ4n) is 2.03. The molecule has 0 spiro atoms. The first kappa shape index (κ1) is 13.2. The molecule has 1 heterocycles. The number of hydrogen-bond donors (Lipinski definition) is 1. The summed E-state index contributed by atoms with van der Waals surface area (Å²) in [5, 5.41) is 3.74. The maximum absolute atomic E-state index is 12.3. The van der Waals surface area contributed by atoms with Gasteiger partial charge in [-0.25, -0.2) is 0 Å². The van der Waals surface area contributed by atoms with Crippen LogP contribution < -0.4 is 10.1 Å². The summed E-state index contributed by atoms with van der Waals surface area (Å²) in [7, 11) is 1.56. The lowest BCUT2D eigenvalue weighted by molar-refractivity contribution is 0.0766. The molecule has 0 atom stereocenters. The van der Waals surface area contributed by atoms with Gasteiger partial charge < -0.3 is 15.0 Å². The molecule has 18 heavy (non-hydrogen) atoms. The number of methoxy groups -OCH3 is 1. The molecule has 1 aromatic rings. The van der Waals surface area contributed by atoms with Gasteiger partial charge >= 0.3 is 0 Å². The molecule has 1 fully saturated rings. The molecule has 1 aromatic carbocycles. The summed E-state index contributed by atoms with van der Waals surface area (Å²) < 4.78 is 5.08. The quantitative estimate of drug-likeness (QED) is 0.889. The van der Waals surface area contributed by atoms with Crippen LogP contribution in [0.2, 0.25) is 5.02 Å². The van der Waals surface area contributed by atoms with Gasteiger partial charge in [0.2, 0.25) is 0 Å². The first-order valence-electron chi connectivity index (χ1n) is 6.06. The van der Waals surface area contributed by atoms with Crippen molar-refractivity contribution in [2.75, 3.05) is 33.3 Å². The number of amides is 1. The fraction of sp³-hybridized carbons (Fsp3) is 0.462. The maximum atomic E-state index is 12.3. The van der Waals surface area contributed by atoms with Crippen molar-refractivity contribution in [2.45, 2.75) is 6.42 Å². The lowest BCUT2D eigenvalue weighted by atomic mass is 10.2. The highest BCUT2D eigenvalue weighted by atomic mass is 35.5. The van der Waals surface area contributed by atoms with Crippen LogP contribution in [-0.4, -0.2) is 44.1 Å². The van der Waals surface area contributed by atoms with Crippen LogP contribution in [0, 0.1) is 0 Å². The largest absolute Gasteiger partial charge is 0.495 e. The topological polar surface area (TPSA) is 41.6 Å². The first-order valence-corrected chi connectivity index (χ1v) is 6.43. The molecule has 0 aliphatic carbocycles. The highest BCUT2D eigenvalue weighted by Crippen LogP contribution is 2.25. The zero-order valence-electron chi connectivity index (χ0n) is 10.4. The minimum atomic E-state index is 0.0308. The Morgan fingerprint density at radius 2 is 2.22 bits per heavy atom. The molecule has 1 saturated heterocycles. The van der Waals surface area contributed by atoms with Crippen molar-refractivity contribution in [2.24, 2.45) is 0 Å². The van der Waals surface area contributed by atoms with Gasteiger partial charge in [0, 0.05) is 25.2 Å². The second-order valence-corrected chi connectivity index (χ2v) is 4.65.